The van der Waals surface area contributed by atoms with Gasteiger partial charge >= 0.3 is 0 Å². The summed E-state index contributed by atoms with van der Waals surface area (Å²) in [6, 6.07) is 0. The molecule has 0 aromatic carbocycles. The van der Waals surface area contributed by atoms with E-state index in [2.05, 4.69) is 0 Å². The molecule has 1 saturated heterocycles. The maximum absolute atomic E-state index is 13.4. The molecule has 27 heavy (non-hydrogen) atoms. The molecule has 0 aromatic rings. The van der Waals surface area contributed by atoms with Crippen LogP contribution in [-0.2, 0) is 14.3 Å². The number of hydrogen-bond donors (Lipinski definition) is 3. The van der Waals surface area contributed by atoms with Crippen molar-refractivity contribution in [2.24, 2.45) is 29.1 Å². The van der Waals surface area contributed by atoms with Gasteiger partial charge in [-0.2, -0.15) is 0 Å². The number of aliphatic hydroxyl groups is 3. The first-order valence-electron chi connectivity index (χ1n) is 9.97. The number of methoxy groups -OCH3 is 1. The topological polar surface area (TPSA) is 99.5 Å². The number of epoxide rings is 1. The van der Waals surface area contributed by atoms with Gasteiger partial charge in [0.15, 0.2) is 17.0 Å². The van der Waals surface area contributed by atoms with Gasteiger partial charge in [0.2, 0.25) is 0 Å². The zero-order valence-corrected chi connectivity index (χ0v) is 17.0. The first-order valence-corrected chi connectivity index (χ1v) is 9.97. The van der Waals surface area contributed by atoms with Crippen LogP contribution >= 0.6 is 0 Å². The van der Waals surface area contributed by atoms with E-state index in [1.807, 2.05) is 20.8 Å². The minimum absolute atomic E-state index is 0.0554. The van der Waals surface area contributed by atoms with Gasteiger partial charge in [0.25, 0.3) is 0 Å². The van der Waals surface area contributed by atoms with E-state index >= 15 is 0 Å². The second-order valence-electron chi connectivity index (χ2n) is 9.90. The summed E-state index contributed by atoms with van der Waals surface area (Å²) < 4.78 is 11.6. The lowest BCUT2D eigenvalue weighted by atomic mass is 9.81. The van der Waals surface area contributed by atoms with E-state index in [4.69, 9.17) is 9.47 Å². The Hall–Kier alpha value is -0.790. The lowest BCUT2D eigenvalue weighted by molar-refractivity contribution is -0.132. The van der Waals surface area contributed by atoms with Crippen molar-refractivity contribution >= 4 is 5.78 Å². The van der Waals surface area contributed by atoms with Crippen molar-refractivity contribution in [3.8, 4) is 0 Å². The molecule has 3 fully saturated rings. The Morgan fingerprint density at radius 3 is 2.41 bits per heavy atom. The van der Waals surface area contributed by atoms with Crippen LogP contribution in [0.15, 0.2) is 11.6 Å². The van der Waals surface area contributed by atoms with Crippen LogP contribution in [0.5, 0.6) is 0 Å². The van der Waals surface area contributed by atoms with Crippen LogP contribution in [0.3, 0.4) is 0 Å². The minimum Gasteiger partial charge on any atom is -0.392 e. The number of ketones is 1. The van der Waals surface area contributed by atoms with Crippen LogP contribution in [0.2, 0.25) is 0 Å². The quantitative estimate of drug-likeness (QED) is 0.465. The first-order chi connectivity index (χ1) is 12.5. The van der Waals surface area contributed by atoms with Gasteiger partial charge < -0.3 is 24.8 Å². The van der Waals surface area contributed by atoms with Gasteiger partial charge in [-0.25, -0.2) is 0 Å². The third-order valence-electron chi connectivity index (χ3n) is 8.05. The zero-order chi connectivity index (χ0) is 20.1. The fourth-order valence-corrected chi connectivity index (χ4v) is 6.31. The summed E-state index contributed by atoms with van der Waals surface area (Å²) in [6.45, 7) is 9.54. The molecule has 0 bridgehead atoms. The Bertz CT molecular complexity index is 701. The molecule has 10 atom stereocenters. The summed E-state index contributed by atoms with van der Waals surface area (Å²) in [4.78, 5) is 13.4. The molecule has 6 nitrogen and oxygen atoms in total. The van der Waals surface area contributed by atoms with E-state index in [0.717, 1.165) is 0 Å². The van der Waals surface area contributed by atoms with E-state index in [0.29, 0.717) is 12.0 Å². The van der Waals surface area contributed by atoms with E-state index in [-0.39, 0.29) is 29.0 Å². The maximum atomic E-state index is 13.4. The Morgan fingerprint density at radius 2 is 1.81 bits per heavy atom. The number of carbonyl (C=O) groups is 1. The lowest BCUT2D eigenvalue weighted by Crippen LogP contribution is -2.41. The molecule has 152 valence electrons. The fourth-order valence-electron chi connectivity index (χ4n) is 6.31. The number of rotatable bonds is 1. The van der Waals surface area contributed by atoms with Crippen LogP contribution in [0.4, 0.5) is 0 Å². The average molecular weight is 380 g/mol. The number of aliphatic hydroxyl groups excluding tert-OH is 3. The molecule has 0 aromatic heterocycles. The summed E-state index contributed by atoms with van der Waals surface area (Å²) in [5, 5.41) is 32.8. The van der Waals surface area contributed by atoms with E-state index in [1.165, 1.54) is 0 Å². The van der Waals surface area contributed by atoms with Crippen LogP contribution in [-0.4, -0.2) is 63.8 Å². The van der Waals surface area contributed by atoms with Crippen LogP contribution in [0.1, 0.15) is 41.0 Å². The molecule has 4 rings (SSSR count). The molecule has 2 unspecified atom stereocenters. The van der Waals surface area contributed by atoms with Crippen LogP contribution in [0.25, 0.3) is 0 Å². The molecule has 2 saturated carbocycles. The van der Waals surface area contributed by atoms with Crippen LogP contribution in [0, 0.1) is 29.1 Å². The monoisotopic (exact) mass is 380 g/mol. The first kappa shape index (κ1) is 19.5. The molecule has 6 heteroatoms. The highest BCUT2D eigenvalue weighted by Gasteiger charge is 2.82. The molecule has 4 aliphatic rings. The number of hydrogen-bond acceptors (Lipinski definition) is 6. The third kappa shape index (κ3) is 2.22. The summed E-state index contributed by atoms with van der Waals surface area (Å²) in [6.07, 6.45) is -0.874. The highest BCUT2D eigenvalue weighted by atomic mass is 16.7. The minimum atomic E-state index is -1.11. The summed E-state index contributed by atoms with van der Waals surface area (Å²) in [5.41, 5.74) is -1.81. The van der Waals surface area contributed by atoms with Crippen molar-refractivity contribution in [1.29, 1.82) is 0 Å². The third-order valence-corrected chi connectivity index (χ3v) is 8.05. The molecule has 3 aliphatic carbocycles. The Balaban J connectivity index is 1.83. The molecule has 1 heterocycles. The second kappa shape index (κ2) is 5.63. The van der Waals surface area contributed by atoms with Gasteiger partial charge in [0, 0.05) is 13.0 Å². The van der Waals surface area contributed by atoms with Crippen molar-refractivity contribution in [2.45, 2.75) is 76.7 Å². The highest BCUT2D eigenvalue weighted by Crippen LogP contribution is 2.67. The van der Waals surface area contributed by atoms with Crippen molar-refractivity contribution in [3.63, 3.8) is 0 Å². The van der Waals surface area contributed by atoms with Crippen molar-refractivity contribution in [3.05, 3.63) is 11.6 Å². The molecule has 0 amide bonds. The van der Waals surface area contributed by atoms with Crippen molar-refractivity contribution in [1.82, 2.24) is 0 Å². The largest absolute Gasteiger partial charge is 0.392 e. The van der Waals surface area contributed by atoms with E-state index in [9.17, 15) is 20.1 Å². The Kier molecular flexibility index (Phi) is 4.07. The smallest absolute Gasteiger partial charge is 0.173 e. The SMILES string of the molecule is CO[C@@H]1[C@H]2[C@@H]([C@H](O)C(C)C(=O)[C@@]34CC(C)[C@H](O)[C@]3(/C=C(\C)[C@H]1O)O4)C2(C)C. The Labute approximate surface area is 160 Å². The van der Waals surface area contributed by atoms with Gasteiger partial charge in [-0.1, -0.05) is 27.7 Å². The van der Waals surface area contributed by atoms with E-state index in [1.54, 1.807) is 27.0 Å². The van der Waals surface area contributed by atoms with Gasteiger partial charge in [-0.3, -0.25) is 4.79 Å². The molecule has 0 radical (unpaired) electrons. The fraction of sp³-hybridized carbons (Fsp3) is 0.857. The van der Waals surface area contributed by atoms with Crippen LogP contribution < -0.4 is 0 Å². The van der Waals surface area contributed by atoms with Gasteiger partial charge in [-0.05, 0) is 48.2 Å². The molecular weight excluding hydrogens is 348 g/mol. The summed E-state index contributed by atoms with van der Waals surface area (Å²) in [5.74, 6) is -1.05. The maximum Gasteiger partial charge on any atom is 0.173 e. The lowest BCUT2D eigenvalue weighted by Gasteiger charge is -2.26. The van der Waals surface area contributed by atoms with Gasteiger partial charge in [0.1, 0.15) is 6.10 Å². The molecule has 1 aliphatic heterocycles. The molecule has 3 N–H and O–H groups in total. The molecular formula is C21H32O6. The standard InChI is InChI=1S/C21H32O6/c1-9-7-20-17(24)10(2)8-21(20,27-20)18(25)11(3)15(23)12-13(19(12,4)5)16(26-6)14(9)22/h7,10-17,22-24H,8H2,1-6H3/b9-7+/t10?,11?,12-,13+,14+,15+,16+,17-,20-,21-/m0/s1. The number of carbonyl (C=O) groups excluding carboxylic acids is 1. The normalized spacial score (nSPS) is 58.3. The van der Waals surface area contributed by atoms with Crippen molar-refractivity contribution < 1.29 is 29.6 Å². The number of Topliss-reactive ketones (excluding diaryl/α,β-unsaturated/α-hetero) is 1. The van der Waals surface area contributed by atoms with Crippen molar-refractivity contribution in [2.75, 3.05) is 7.11 Å². The summed E-state index contributed by atoms with van der Waals surface area (Å²) in [7, 11) is 1.57. The molecule has 0 spiro atoms. The van der Waals surface area contributed by atoms with Gasteiger partial charge in [0.05, 0.1) is 18.3 Å². The zero-order valence-electron chi connectivity index (χ0n) is 17.0. The number of fused-ring (bicyclic) bond motifs is 1. The predicted molar refractivity (Wildman–Crippen MR) is 97.8 cm³/mol. The predicted octanol–water partition coefficient (Wildman–Crippen LogP) is 1.07. The Morgan fingerprint density at radius 1 is 1.19 bits per heavy atom. The summed E-state index contributed by atoms with van der Waals surface area (Å²) >= 11 is 0. The van der Waals surface area contributed by atoms with E-state index < -0.39 is 41.5 Å². The second-order valence-corrected chi connectivity index (χ2v) is 9.90. The van der Waals surface area contributed by atoms with Gasteiger partial charge in [-0.15, -0.1) is 0 Å². The highest BCUT2D eigenvalue weighted by molar-refractivity contribution is 5.95. The average Bonchev–Trinajstić information content (AvgIpc) is 3.40. The number of ether oxygens (including phenoxy) is 2.